The van der Waals surface area contributed by atoms with Crippen LogP contribution in [0.3, 0.4) is 0 Å². The average molecular weight is 324 g/mol. The fourth-order valence-electron chi connectivity index (χ4n) is 2.00. The second-order valence-electron chi connectivity index (χ2n) is 4.82. The summed E-state index contributed by atoms with van der Waals surface area (Å²) in [6, 6.07) is 8.22. The summed E-state index contributed by atoms with van der Waals surface area (Å²) < 4.78 is 0. The van der Waals surface area contributed by atoms with Gasteiger partial charge >= 0.3 is 0 Å². The molecule has 0 radical (unpaired) electrons. The lowest BCUT2D eigenvalue weighted by molar-refractivity contribution is -0.121. The molecule has 1 aromatic carbocycles. The number of rotatable bonds is 6. The van der Waals surface area contributed by atoms with Gasteiger partial charge in [0.2, 0.25) is 5.91 Å². The van der Waals surface area contributed by atoms with Crippen molar-refractivity contribution in [3.63, 3.8) is 0 Å². The molecule has 112 valence electrons. The molecule has 0 atom stereocenters. The number of halogens is 1. The van der Waals surface area contributed by atoms with Crippen molar-refractivity contribution in [3.05, 3.63) is 40.9 Å². The molecule has 0 saturated carbocycles. The number of amides is 1. The standard InChI is InChI=1S/C15H18ClN3OS/c1-17-14(20)9-19(2)8-11-4-3-5-12(6-11)15-18-13(7-16)10-21-15/h3-6,10H,7-9H2,1-2H3,(H,17,20). The van der Waals surface area contributed by atoms with Gasteiger partial charge in [-0.15, -0.1) is 22.9 Å². The van der Waals surface area contributed by atoms with Crippen LogP contribution in [0.25, 0.3) is 10.6 Å². The van der Waals surface area contributed by atoms with Gasteiger partial charge in [0.15, 0.2) is 0 Å². The summed E-state index contributed by atoms with van der Waals surface area (Å²) in [5.41, 5.74) is 3.14. The zero-order chi connectivity index (χ0) is 15.2. The number of hydrogen-bond donors (Lipinski definition) is 1. The number of carbonyl (C=O) groups is 1. The third-order valence-electron chi connectivity index (χ3n) is 3.01. The minimum absolute atomic E-state index is 0.0142. The molecule has 0 bridgehead atoms. The second kappa shape index (κ2) is 7.54. The number of nitrogens with zero attached hydrogens (tertiary/aromatic N) is 2. The molecule has 0 fully saturated rings. The predicted molar refractivity (Wildman–Crippen MR) is 87.5 cm³/mol. The van der Waals surface area contributed by atoms with Crippen molar-refractivity contribution in [2.45, 2.75) is 12.4 Å². The third-order valence-corrected chi connectivity index (χ3v) is 4.22. The van der Waals surface area contributed by atoms with Gasteiger partial charge in [-0.2, -0.15) is 0 Å². The molecular formula is C15H18ClN3OS. The molecule has 21 heavy (non-hydrogen) atoms. The molecule has 0 aliphatic rings. The van der Waals surface area contributed by atoms with Crippen molar-refractivity contribution in [1.29, 1.82) is 0 Å². The lowest BCUT2D eigenvalue weighted by Crippen LogP contribution is -2.32. The van der Waals surface area contributed by atoms with Crippen molar-refractivity contribution >= 4 is 28.8 Å². The van der Waals surface area contributed by atoms with Crippen LogP contribution >= 0.6 is 22.9 Å². The fourth-order valence-corrected chi connectivity index (χ4v) is 3.04. The minimum atomic E-state index is 0.0142. The number of hydrogen-bond acceptors (Lipinski definition) is 4. The molecular weight excluding hydrogens is 306 g/mol. The summed E-state index contributed by atoms with van der Waals surface area (Å²) >= 11 is 7.39. The van der Waals surface area contributed by atoms with E-state index in [1.165, 1.54) is 0 Å². The Labute approximate surface area is 133 Å². The maximum Gasteiger partial charge on any atom is 0.233 e. The fraction of sp³-hybridized carbons (Fsp3) is 0.333. The van der Waals surface area contributed by atoms with Gasteiger partial charge in [-0.05, 0) is 18.7 Å². The van der Waals surface area contributed by atoms with Crippen LogP contribution in [-0.4, -0.2) is 36.4 Å². The number of aromatic nitrogens is 1. The number of likely N-dealkylation sites (N-methyl/N-ethyl adjacent to an activating group) is 2. The molecule has 1 heterocycles. The van der Waals surface area contributed by atoms with Crippen LogP contribution < -0.4 is 5.32 Å². The Kier molecular flexibility index (Phi) is 5.73. The normalized spacial score (nSPS) is 10.9. The van der Waals surface area contributed by atoms with Gasteiger partial charge in [0, 0.05) is 24.5 Å². The summed E-state index contributed by atoms with van der Waals surface area (Å²) in [6.07, 6.45) is 0. The molecule has 0 spiro atoms. The van der Waals surface area contributed by atoms with E-state index in [0.717, 1.165) is 28.4 Å². The summed E-state index contributed by atoms with van der Waals surface area (Å²) in [4.78, 5) is 17.8. The first-order valence-electron chi connectivity index (χ1n) is 6.61. The average Bonchev–Trinajstić information content (AvgIpc) is 2.96. The Hall–Kier alpha value is -1.43. The number of alkyl halides is 1. The Balaban J connectivity index is 2.08. The Morgan fingerprint density at radius 2 is 2.29 bits per heavy atom. The van der Waals surface area contributed by atoms with E-state index in [-0.39, 0.29) is 5.91 Å². The van der Waals surface area contributed by atoms with Crippen LogP contribution in [0.4, 0.5) is 0 Å². The summed E-state index contributed by atoms with van der Waals surface area (Å²) in [6.45, 7) is 1.10. The van der Waals surface area contributed by atoms with E-state index in [1.54, 1.807) is 18.4 Å². The predicted octanol–water partition coefficient (Wildman–Crippen LogP) is 2.73. The maximum absolute atomic E-state index is 11.4. The van der Waals surface area contributed by atoms with E-state index in [9.17, 15) is 4.79 Å². The first kappa shape index (κ1) is 15.9. The first-order chi connectivity index (χ1) is 10.1. The third kappa shape index (κ3) is 4.52. The molecule has 0 aliphatic heterocycles. The van der Waals surface area contributed by atoms with Gasteiger partial charge in [-0.3, -0.25) is 9.69 Å². The van der Waals surface area contributed by atoms with Crippen LogP contribution in [-0.2, 0) is 17.2 Å². The van der Waals surface area contributed by atoms with Crippen LogP contribution in [0, 0.1) is 0 Å². The Morgan fingerprint density at radius 1 is 1.48 bits per heavy atom. The van der Waals surface area contributed by atoms with E-state index in [0.29, 0.717) is 12.4 Å². The molecule has 0 saturated heterocycles. The quantitative estimate of drug-likeness (QED) is 0.831. The summed E-state index contributed by atoms with van der Waals surface area (Å²) in [7, 11) is 3.57. The topological polar surface area (TPSA) is 45.2 Å². The lowest BCUT2D eigenvalue weighted by Gasteiger charge is -2.15. The smallest absolute Gasteiger partial charge is 0.233 e. The molecule has 0 aliphatic carbocycles. The van der Waals surface area contributed by atoms with E-state index in [2.05, 4.69) is 22.4 Å². The van der Waals surface area contributed by atoms with E-state index in [1.807, 2.05) is 29.5 Å². The Morgan fingerprint density at radius 3 is 2.95 bits per heavy atom. The molecule has 1 N–H and O–H groups in total. The van der Waals surface area contributed by atoms with E-state index < -0.39 is 0 Å². The largest absolute Gasteiger partial charge is 0.358 e. The molecule has 4 nitrogen and oxygen atoms in total. The molecule has 0 unspecified atom stereocenters. The monoisotopic (exact) mass is 323 g/mol. The highest BCUT2D eigenvalue weighted by atomic mass is 35.5. The number of benzene rings is 1. The van der Waals surface area contributed by atoms with Crippen LogP contribution in [0.2, 0.25) is 0 Å². The van der Waals surface area contributed by atoms with E-state index in [4.69, 9.17) is 11.6 Å². The molecule has 2 aromatic rings. The van der Waals surface area contributed by atoms with Crippen molar-refractivity contribution in [2.75, 3.05) is 20.6 Å². The molecule has 1 amide bonds. The van der Waals surface area contributed by atoms with Crippen LogP contribution in [0.5, 0.6) is 0 Å². The summed E-state index contributed by atoms with van der Waals surface area (Å²) in [5.74, 6) is 0.450. The maximum atomic E-state index is 11.4. The van der Waals surface area contributed by atoms with Crippen molar-refractivity contribution in [3.8, 4) is 10.6 Å². The number of thiazole rings is 1. The zero-order valence-corrected chi connectivity index (χ0v) is 13.7. The van der Waals surface area contributed by atoms with Crippen LogP contribution in [0.1, 0.15) is 11.3 Å². The zero-order valence-electron chi connectivity index (χ0n) is 12.1. The van der Waals surface area contributed by atoms with Crippen LogP contribution in [0.15, 0.2) is 29.6 Å². The van der Waals surface area contributed by atoms with Gasteiger partial charge < -0.3 is 5.32 Å². The highest BCUT2D eigenvalue weighted by Gasteiger charge is 2.08. The lowest BCUT2D eigenvalue weighted by atomic mass is 10.1. The number of carbonyl (C=O) groups excluding carboxylic acids is 1. The van der Waals surface area contributed by atoms with Gasteiger partial charge in [-0.25, -0.2) is 4.98 Å². The van der Waals surface area contributed by atoms with Crippen molar-refractivity contribution < 1.29 is 4.79 Å². The molecule has 2 rings (SSSR count). The highest BCUT2D eigenvalue weighted by Crippen LogP contribution is 2.25. The highest BCUT2D eigenvalue weighted by molar-refractivity contribution is 7.13. The molecule has 1 aromatic heterocycles. The van der Waals surface area contributed by atoms with Gasteiger partial charge in [-0.1, -0.05) is 18.2 Å². The second-order valence-corrected chi connectivity index (χ2v) is 5.95. The molecule has 6 heteroatoms. The summed E-state index contributed by atoms with van der Waals surface area (Å²) in [5, 5.41) is 5.58. The van der Waals surface area contributed by atoms with Gasteiger partial charge in [0.1, 0.15) is 5.01 Å². The van der Waals surface area contributed by atoms with E-state index >= 15 is 0 Å². The number of nitrogens with one attached hydrogen (secondary N) is 1. The van der Waals surface area contributed by atoms with Gasteiger partial charge in [0.25, 0.3) is 0 Å². The minimum Gasteiger partial charge on any atom is -0.358 e. The van der Waals surface area contributed by atoms with Crippen molar-refractivity contribution in [2.24, 2.45) is 0 Å². The van der Waals surface area contributed by atoms with Gasteiger partial charge in [0.05, 0.1) is 18.1 Å². The van der Waals surface area contributed by atoms with Crippen molar-refractivity contribution in [1.82, 2.24) is 15.2 Å². The first-order valence-corrected chi connectivity index (χ1v) is 8.02. The Bertz CT molecular complexity index is 614. The SMILES string of the molecule is CNC(=O)CN(C)Cc1cccc(-c2nc(CCl)cs2)c1.